The van der Waals surface area contributed by atoms with Gasteiger partial charge in [-0.15, -0.1) is 0 Å². The van der Waals surface area contributed by atoms with Gasteiger partial charge in [0.1, 0.15) is 0 Å². The Morgan fingerprint density at radius 3 is 2.75 bits per heavy atom. The van der Waals surface area contributed by atoms with Crippen molar-refractivity contribution in [2.24, 2.45) is 0 Å². The van der Waals surface area contributed by atoms with Crippen molar-refractivity contribution < 1.29 is 4.79 Å². The lowest BCUT2D eigenvalue weighted by atomic mass is 9.96. The minimum absolute atomic E-state index is 0.204. The number of amides is 1. The molecule has 4 heteroatoms. The number of nitrogens with zero attached hydrogens (tertiary/aromatic N) is 2. The lowest BCUT2D eigenvalue weighted by Crippen LogP contribution is -2.52. The number of hydrogen-bond acceptors (Lipinski definition) is 3. The highest BCUT2D eigenvalue weighted by Crippen LogP contribution is 2.19. The summed E-state index contributed by atoms with van der Waals surface area (Å²) in [6.07, 6.45) is 3.69. The number of carbonyl (C=O) groups excluding carboxylic acids is 1. The molecular formula is C12H25N3O. The van der Waals surface area contributed by atoms with Crippen LogP contribution in [0.1, 0.15) is 26.2 Å². The number of hydrogen-bond donors (Lipinski definition) is 1. The zero-order valence-corrected chi connectivity index (χ0v) is 11.0. The number of likely N-dealkylation sites (N-methyl/N-ethyl adjacent to an activating group) is 2. The smallest absolute Gasteiger partial charge is 0.236 e. The maximum atomic E-state index is 11.7. The monoisotopic (exact) mass is 227 g/mol. The van der Waals surface area contributed by atoms with Gasteiger partial charge < -0.3 is 10.2 Å². The van der Waals surface area contributed by atoms with Crippen molar-refractivity contribution in [1.82, 2.24) is 15.1 Å². The highest BCUT2D eigenvalue weighted by atomic mass is 16.2. The van der Waals surface area contributed by atoms with E-state index in [1.165, 1.54) is 19.3 Å². The van der Waals surface area contributed by atoms with Gasteiger partial charge in [-0.2, -0.15) is 0 Å². The molecule has 16 heavy (non-hydrogen) atoms. The first-order valence-corrected chi connectivity index (χ1v) is 6.17. The quantitative estimate of drug-likeness (QED) is 0.761. The Labute approximate surface area is 99.0 Å². The van der Waals surface area contributed by atoms with Gasteiger partial charge in [0.2, 0.25) is 5.91 Å². The maximum Gasteiger partial charge on any atom is 0.236 e. The molecule has 0 aromatic rings. The molecule has 1 fully saturated rings. The summed E-state index contributed by atoms with van der Waals surface area (Å²) in [4.78, 5) is 15.7. The van der Waals surface area contributed by atoms with Gasteiger partial charge in [-0.25, -0.2) is 0 Å². The van der Waals surface area contributed by atoms with E-state index >= 15 is 0 Å². The van der Waals surface area contributed by atoms with Crippen molar-refractivity contribution in [3.63, 3.8) is 0 Å². The number of rotatable bonds is 4. The van der Waals surface area contributed by atoms with Crippen LogP contribution in [0, 0.1) is 0 Å². The van der Waals surface area contributed by atoms with Crippen LogP contribution in [0.5, 0.6) is 0 Å². The molecule has 0 aromatic heterocycles. The fourth-order valence-electron chi connectivity index (χ4n) is 2.29. The van der Waals surface area contributed by atoms with Gasteiger partial charge in [0.15, 0.2) is 0 Å². The van der Waals surface area contributed by atoms with Crippen molar-refractivity contribution in [2.45, 2.75) is 38.3 Å². The zero-order valence-electron chi connectivity index (χ0n) is 11.0. The molecule has 0 aromatic carbocycles. The Morgan fingerprint density at radius 1 is 1.50 bits per heavy atom. The first kappa shape index (κ1) is 13.5. The van der Waals surface area contributed by atoms with E-state index in [1.807, 2.05) is 21.1 Å². The summed E-state index contributed by atoms with van der Waals surface area (Å²) in [6.45, 7) is 3.81. The van der Waals surface area contributed by atoms with Gasteiger partial charge in [-0.1, -0.05) is 6.42 Å². The van der Waals surface area contributed by atoms with Crippen molar-refractivity contribution in [1.29, 1.82) is 0 Å². The normalized spacial score (nSPS) is 24.1. The van der Waals surface area contributed by atoms with E-state index in [9.17, 15) is 4.79 Å². The van der Waals surface area contributed by atoms with Gasteiger partial charge >= 0.3 is 0 Å². The molecule has 2 atom stereocenters. The highest BCUT2D eigenvalue weighted by Gasteiger charge is 2.28. The summed E-state index contributed by atoms with van der Waals surface area (Å²) >= 11 is 0. The summed E-state index contributed by atoms with van der Waals surface area (Å²) in [5.74, 6) is 0.204. The first-order chi connectivity index (χ1) is 7.56. The van der Waals surface area contributed by atoms with Crippen LogP contribution in [0.3, 0.4) is 0 Å². The van der Waals surface area contributed by atoms with Crippen molar-refractivity contribution in [3.05, 3.63) is 0 Å². The molecule has 1 amide bonds. The zero-order chi connectivity index (χ0) is 12.1. The Morgan fingerprint density at radius 2 is 2.19 bits per heavy atom. The fourth-order valence-corrected chi connectivity index (χ4v) is 2.29. The first-order valence-electron chi connectivity index (χ1n) is 6.17. The van der Waals surface area contributed by atoms with E-state index in [4.69, 9.17) is 0 Å². The SMILES string of the molecule is CNC(C)C1CCCCN1CC(=O)N(C)C. The van der Waals surface area contributed by atoms with Gasteiger partial charge in [0.25, 0.3) is 0 Å². The molecule has 4 nitrogen and oxygen atoms in total. The number of carbonyl (C=O) groups is 1. The Kier molecular flexibility index (Phi) is 5.22. The molecule has 1 aliphatic heterocycles. The van der Waals surface area contributed by atoms with Gasteiger partial charge in [-0.3, -0.25) is 9.69 Å². The van der Waals surface area contributed by atoms with Gasteiger partial charge in [0.05, 0.1) is 6.54 Å². The third kappa shape index (κ3) is 3.46. The minimum Gasteiger partial charge on any atom is -0.348 e. The van der Waals surface area contributed by atoms with E-state index in [1.54, 1.807) is 4.90 Å². The molecule has 1 saturated heterocycles. The molecule has 0 spiro atoms. The average molecular weight is 227 g/mol. The molecule has 94 valence electrons. The Balaban J connectivity index is 2.56. The summed E-state index contributed by atoms with van der Waals surface area (Å²) in [7, 11) is 5.64. The van der Waals surface area contributed by atoms with Crippen LogP contribution in [0.15, 0.2) is 0 Å². The van der Waals surface area contributed by atoms with E-state index in [0.29, 0.717) is 18.6 Å². The van der Waals surface area contributed by atoms with E-state index in [-0.39, 0.29) is 5.91 Å². The van der Waals surface area contributed by atoms with E-state index in [0.717, 1.165) is 6.54 Å². The lowest BCUT2D eigenvalue weighted by molar-refractivity contribution is -0.131. The van der Waals surface area contributed by atoms with Crippen LogP contribution < -0.4 is 5.32 Å². The molecule has 1 heterocycles. The molecule has 1 aliphatic rings. The standard InChI is InChI=1S/C12H25N3O/c1-10(13-2)11-7-5-6-8-15(11)9-12(16)14(3)4/h10-11,13H,5-9H2,1-4H3. The summed E-state index contributed by atoms with van der Waals surface area (Å²) < 4.78 is 0. The minimum atomic E-state index is 0.204. The van der Waals surface area contributed by atoms with Crippen molar-refractivity contribution in [2.75, 3.05) is 34.2 Å². The predicted octanol–water partition coefficient (Wildman–Crippen LogP) is 0.537. The second-order valence-electron chi connectivity index (χ2n) is 4.90. The largest absolute Gasteiger partial charge is 0.348 e. The fraction of sp³-hybridized carbons (Fsp3) is 0.917. The Hall–Kier alpha value is -0.610. The van der Waals surface area contributed by atoms with E-state index in [2.05, 4.69) is 17.1 Å². The maximum absolute atomic E-state index is 11.7. The molecule has 0 bridgehead atoms. The number of nitrogens with one attached hydrogen (secondary N) is 1. The number of piperidine rings is 1. The van der Waals surface area contributed by atoms with Gasteiger partial charge in [0, 0.05) is 26.2 Å². The number of likely N-dealkylation sites (tertiary alicyclic amines) is 1. The third-order valence-electron chi connectivity index (χ3n) is 3.53. The van der Waals surface area contributed by atoms with Crippen LogP contribution in [0.25, 0.3) is 0 Å². The summed E-state index contributed by atoms with van der Waals surface area (Å²) in [6, 6.07) is 0.956. The highest BCUT2D eigenvalue weighted by molar-refractivity contribution is 5.77. The van der Waals surface area contributed by atoms with Crippen molar-refractivity contribution >= 4 is 5.91 Å². The molecule has 0 aliphatic carbocycles. The van der Waals surface area contributed by atoms with E-state index < -0.39 is 0 Å². The lowest BCUT2D eigenvalue weighted by Gasteiger charge is -2.39. The molecule has 2 unspecified atom stereocenters. The van der Waals surface area contributed by atoms with Crippen LogP contribution in [-0.2, 0) is 4.79 Å². The molecule has 1 rings (SSSR count). The molecule has 1 N–H and O–H groups in total. The van der Waals surface area contributed by atoms with Crippen LogP contribution >= 0.6 is 0 Å². The summed E-state index contributed by atoms with van der Waals surface area (Å²) in [5.41, 5.74) is 0. The molecule has 0 radical (unpaired) electrons. The van der Waals surface area contributed by atoms with Crippen LogP contribution in [-0.4, -0.2) is 62.0 Å². The van der Waals surface area contributed by atoms with Crippen LogP contribution in [0.4, 0.5) is 0 Å². The average Bonchev–Trinajstić information content (AvgIpc) is 2.28. The summed E-state index contributed by atoms with van der Waals surface area (Å²) in [5, 5.41) is 3.30. The second kappa shape index (κ2) is 6.21. The molecule has 0 saturated carbocycles. The van der Waals surface area contributed by atoms with Crippen LogP contribution in [0.2, 0.25) is 0 Å². The van der Waals surface area contributed by atoms with Gasteiger partial charge in [-0.05, 0) is 33.4 Å². The molecular weight excluding hydrogens is 202 g/mol. The third-order valence-corrected chi connectivity index (χ3v) is 3.53. The Bertz CT molecular complexity index is 230. The predicted molar refractivity (Wildman–Crippen MR) is 66.4 cm³/mol. The topological polar surface area (TPSA) is 35.6 Å². The van der Waals surface area contributed by atoms with Crippen molar-refractivity contribution in [3.8, 4) is 0 Å². The second-order valence-corrected chi connectivity index (χ2v) is 4.90.